The lowest BCUT2D eigenvalue weighted by atomic mass is 10.3. The molecule has 1 rings (SSSR count). The predicted octanol–water partition coefficient (Wildman–Crippen LogP) is 1.41. The fourth-order valence-electron chi connectivity index (χ4n) is 1.27. The van der Waals surface area contributed by atoms with Crippen LogP contribution in [0.15, 0.2) is 27.6 Å². The summed E-state index contributed by atoms with van der Waals surface area (Å²) in [6, 6.07) is 5.36. The number of nitrogen functional groups attached to an aromatic ring is 1. The Morgan fingerprint density at radius 3 is 2.58 bits per heavy atom. The number of anilines is 1. The smallest absolute Gasteiger partial charge is 0.218 e. The number of sulfone groups is 1. The van der Waals surface area contributed by atoms with E-state index in [1.165, 1.54) is 11.8 Å². The first-order valence-electron chi connectivity index (χ1n) is 5.47. The first kappa shape index (κ1) is 16.3. The molecule has 0 aliphatic rings. The van der Waals surface area contributed by atoms with Crippen molar-refractivity contribution in [3.63, 3.8) is 0 Å². The lowest BCUT2D eigenvalue weighted by molar-refractivity contribution is -0.117. The topological polar surface area (TPSA) is 103 Å². The molecule has 0 spiro atoms. The van der Waals surface area contributed by atoms with Crippen molar-refractivity contribution in [2.75, 3.05) is 23.0 Å². The quantitative estimate of drug-likeness (QED) is 0.560. The van der Waals surface area contributed by atoms with Crippen LogP contribution in [0.5, 0.6) is 0 Å². The van der Waals surface area contributed by atoms with E-state index in [1.54, 1.807) is 12.1 Å². The molecule has 4 N–H and O–H groups in total. The number of thioether (sulfide) groups is 1. The van der Waals surface area contributed by atoms with Crippen LogP contribution in [0.1, 0.15) is 6.42 Å². The number of carbonyl (C=O) groups is 1. The third-order valence-corrected chi connectivity index (χ3v) is 6.17. The number of benzene rings is 1. The van der Waals surface area contributed by atoms with Crippen molar-refractivity contribution in [3.8, 4) is 0 Å². The van der Waals surface area contributed by atoms with E-state index in [9.17, 15) is 13.2 Å². The molecule has 0 unspecified atom stereocenters. The molecule has 0 fully saturated rings. The number of nitrogens with two attached hydrogens (primary N) is 2. The fraction of sp³-hybridized carbons (Fsp3) is 0.364. The summed E-state index contributed by atoms with van der Waals surface area (Å²) in [6.45, 7) is 0. The van der Waals surface area contributed by atoms with Crippen LogP contribution < -0.4 is 11.5 Å². The van der Waals surface area contributed by atoms with E-state index < -0.39 is 15.7 Å². The summed E-state index contributed by atoms with van der Waals surface area (Å²) in [5.41, 5.74) is 11.2. The maximum Gasteiger partial charge on any atom is 0.218 e. The monoisotopic (exact) mass is 366 g/mol. The summed E-state index contributed by atoms with van der Waals surface area (Å²) in [7, 11) is -3.23. The summed E-state index contributed by atoms with van der Waals surface area (Å²) in [6.07, 6.45) is -0.126. The second-order valence-electron chi connectivity index (χ2n) is 3.91. The lowest BCUT2D eigenvalue weighted by Gasteiger charge is -2.06. The van der Waals surface area contributed by atoms with Crippen molar-refractivity contribution in [2.24, 2.45) is 5.73 Å². The van der Waals surface area contributed by atoms with Crippen LogP contribution in [0.4, 0.5) is 5.69 Å². The SMILES string of the molecule is NC(=O)CCS(=O)(=O)CCSc1ccc(N)cc1Br. The summed E-state index contributed by atoms with van der Waals surface area (Å²) in [5.74, 6) is -0.352. The number of amides is 1. The van der Waals surface area contributed by atoms with Gasteiger partial charge in [-0.25, -0.2) is 8.42 Å². The van der Waals surface area contributed by atoms with Gasteiger partial charge in [0.15, 0.2) is 9.84 Å². The summed E-state index contributed by atoms with van der Waals surface area (Å²) in [5, 5.41) is 0. The van der Waals surface area contributed by atoms with Crippen LogP contribution in [-0.2, 0) is 14.6 Å². The first-order valence-corrected chi connectivity index (χ1v) is 9.07. The molecule has 5 nitrogen and oxygen atoms in total. The molecule has 8 heteroatoms. The van der Waals surface area contributed by atoms with Gasteiger partial charge in [0.2, 0.25) is 5.91 Å². The molecular weight excluding hydrogens is 352 g/mol. The molecule has 1 aromatic rings. The second-order valence-corrected chi connectivity index (χ2v) is 8.20. The van der Waals surface area contributed by atoms with Gasteiger partial charge < -0.3 is 11.5 Å². The van der Waals surface area contributed by atoms with E-state index in [2.05, 4.69) is 15.9 Å². The highest BCUT2D eigenvalue weighted by molar-refractivity contribution is 9.10. The standard InChI is InChI=1S/C11H15BrN2O3S2/c12-9-7-8(13)1-2-10(9)18-4-6-19(16,17)5-3-11(14)15/h1-2,7H,3-6,13H2,(H2,14,15). The minimum absolute atomic E-state index is 0.0156. The zero-order valence-corrected chi connectivity index (χ0v) is 13.4. The fourth-order valence-corrected chi connectivity index (χ4v) is 4.66. The largest absolute Gasteiger partial charge is 0.399 e. The highest BCUT2D eigenvalue weighted by Crippen LogP contribution is 2.29. The van der Waals surface area contributed by atoms with Gasteiger partial charge in [0, 0.05) is 27.2 Å². The van der Waals surface area contributed by atoms with Crippen LogP contribution >= 0.6 is 27.7 Å². The van der Waals surface area contributed by atoms with Crippen LogP contribution in [-0.4, -0.2) is 31.6 Å². The maximum atomic E-state index is 11.6. The third kappa shape index (κ3) is 6.31. The number of carbonyl (C=O) groups excluding carboxylic acids is 1. The molecular formula is C11H15BrN2O3S2. The molecule has 0 bridgehead atoms. The molecule has 1 aromatic carbocycles. The molecule has 0 radical (unpaired) electrons. The maximum absolute atomic E-state index is 11.6. The lowest BCUT2D eigenvalue weighted by Crippen LogP contribution is -2.19. The Hall–Kier alpha value is -0.730. The minimum Gasteiger partial charge on any atom is -0.399 e. The molecule has 0 atom stereocenters. The molecule has 19 heavy (non-hydrogen) atoms. The Bertz CT molecular complexity index is 561. The Kier molecular flexibility index (Phi) is 6.15. The van der Waals surface area contributed by atoms with Crippen LogP contribution in [0.2, 0.25) is 0 Å². The van der Waals surface area contributed by atoms with Gasteiger partial charge in [-0.3, -0.25) is 4.79 Å². The van der Waals surface area contributed by atoms with Gasteiger partial charge in [0.25, 0.3) is 0 Å². The van der Waals surface area contributed by atoms with Crippen molar-refractivity contribution < 1.29 is 13.2 Å². The average Bonchev–Trinajstić information content (AvgIpc) is 2.29. The zero-order chi connectivity index (χ0) is 14.5. The number of halogens is 1. The number of hydrogen-bond acceptors (Lipinski definition) is 5. The van der Waals surface area contributed by atoms with Crippen molar-refractivity contribution in [1.29, 1.82) is 0 Å². The molecule has 0 aromatic heterocycles. The highest BCUT2D eigenvalue weighted by atomic mass is 79.9. The number of rotatable bonds is 7. The van der Waals surface area contributed by atoms with E-state index in [0.29, 0.717) is 11.4 Å². The molecule has 106 valence electrons. The molecule has 0 saturated carbocycles. The molecule has 1 amide bonds. The Morgan fingerprint density at radius 1 is 1.32 bits per heavy atom. The van der Waals surface area contributed by atoms with E-state index in [-0.39, 0.29) is 17.9 Å². The number of hydrogen-bond donors (Lipinski definition) is 2. The Balaban J connectivity index is 2.47. The normalized spacial score (nSPS) is 11.4. The van der Waals surface area contributed by atoms with Crippen molar-refractivity contribution >= 4 is 49.1 Å². The van der Waals surface area contributed by atoms with Gasteiger partial charge in [-0.15, -0.1) is 11.8 Å². The van der Waals surface area contributed by atoms with Crippen molar-refractivity contribution in [1.82, 2.24) is 0 Å². The van der Waals surface area contributed by atoms with E-state index in [1.807, 2.05) is 6.07 Å². The van der Waals surface area contributed by atoms with Gasteiger partial charge >= 0.3 is 0 Å². The van der Waals surface area contributed by atoms with Crippen molar-refractivity contribution in [2.45, 2.75) is 11.3 Å². The van der Waals surface area contributed by atoms with Crippen molar-refractivity contribution in [3.05, 3.63) is 22.7 Å². The average molecular weight is 367 g/mol. The molecule has 0 aliphatic heterocycles. The van der Waals surface area contributed by atoms with Gasteiger partial charge in [0.05, 0.1) is 11.5 Å². The van der Waals surface area contributed by atoms with Crippen LogP contribution in [0, 0.1) is 0 Å². The van der Waals surface area contributed by atoms with E-state index in [4.69, 9.17) is 11.5 Å². The number of primary amides is 1. The summed E-state index contributed by atoms with van der Waals surface area (Å²) < 4.78 is 24.1. The first-order chi connectivity index (χ1) is 8.80. The van der Waals surface area contributed by atoms with Gasteiger partial charge in [-0.05, 0) is 34.1 Å². The Labute approximate surface area is 125 Å². The predicted molar refractivity (Wildman–Crippen MR) is 81.7 cm³/mol. The van der Waals surface area contributed by atoms with Gasteiger partial charge in [0.1, 0.15) is 0 Å². The second kappa shape index (κ2) is 7.16. The van der Waals surface area contributed by atoms with Crippen LogP contribution in [0.25, 0.3) is 0 Å². The zero-order valence-electron chi connectivity index (χ0n) is 10.1. The van der Waals surface area contributed by atoms with Gasteiger partial charge in [-0.2, -0.15) is 0 Å². The molecule has 0 saturated heterocycles. The summed E-state index contributed by atoms with van der Waals surface area (Å²) in [4.78, 5) is 11.5. The van der Waals surface area contributed by atoms with E-state index >= 15 is 0 Å². The molecule has 0 heterocycles. The van der Waals surface area contributed by atoms with Crippen LogP contribution in [0.3, 0.4) is 0 Å². The third-order valence-electron chi connectivity index (χ3n) is 2.27. The Morgan fingerprint density at radius 2 is 2.00 bits per heavy atom. The van der Waals surface area contributed by atoms with E-state index in [0.717, 1.165) is 9.37 Å². The summed E-state index contributed by atoms with van der Waals surface area (Å²) >= 11 is 4.79. The van der Waals surface area contributed by atoms with Gasteiger partial charge in [-0.1, -0.05) is 0 Å². The highest BCUT2D eigenvalue weighted by Gasteiger charge is 2.12. The molecule has 0 aliphatic carbocycles. The minimum atomic E-state index is -3.23.